The van der Waals surface area contributed by atoms with Gasteiger partial charge in [0.05, 0.1) is 6.61 Å². The highest BCUT2D eigenvalue weighted by Crippen LogP contribution is 2.35. The van der Waals surface area contributed by atoms with Crippen molar-refractivity contribution in [3.8, 4) is 0 Å². The molecule has 0 spiro atoms. The van der Waals surface area contributed by atoms with Crippen molar-refractivity contribution in [3.63, 3.8) is 0 Å². The zero-order valence-corrected chi connectivity index (χ0v) is 47.8. The second-order valence-electron chi connectivity index (χ2n) is 23.8. The summed E-state index contributed by atoms with van der Waals surface area (Å²) in [5.74, 6) is 0.150. The van der Waals surface area contributed by atoms with Crippen molar-refractivity contribution >= 4 is 5.91 Å². The van der Waals surface area contributed by atoms with Crippen LogP contribution in [0.1, 0.15) is 141 Å². The molecule has 3 saturated heterocycles. The van der Waals surface area contributed by atoms with Gasteiger partial charge in [-0.05, 0) is 86.4 Å². The summed E-state index contributed by atoms with van der Waals surface area (Å²) < 4.78 is 0. The lowest BCUT2D eigenvalue weighted by Crippen LogP contribution is -2.49. The summed E-state index contributed by atoms with van der Waals surface area (Å²) in [6.45, 7) is 37.7. The number of hydrogen-bond acceptors (Lipinski definition) is 23. The Hall–Kier alpha value is -5.49. The molecule has 0 aromatic carbocycles. The molecule has 0 aromatic rings. The van der Waals surface area contributed by atoms with E-state index in [0.29, 0.717) is 56.4 Å². The Morgan fingerprint density at radius 1 is 0.421 bits per heavy atom. The Bertz CT molecular complexity index is 1620. The summed E-state index contributed by atoms with van der Waals surface area (Å²) in [6.07, 6.45) is 8.15. The number of amides is 1. The van der Waals surface area contributed by atoms with Crippen LogP contribution < -0.4 is 0 Å². The molecule has 1 amide bonds. The van der Waals surface area contributed by atoms with Gasteiger partial charge in [0.15, 0.2) is 0 Å². The monoisotopic (exact) mass is 1100 g/mol. The molecule has 0 unspecified atom stereocenters. The number of nitrogens with zero attached hydrogens (tertiary/aromatic N) is 11. The maximum Gasteiger partial charge on any atom is 0.295 e. The molecule has 30 heteroatoms. The molecule has 0 N–H and O–H groups in total. The van der Waals surface area contributed by atoms with Gasteiger partial charge in [0.1, 0.15) is 33.2 Å². The van der Waals surface area contributed by atoms with Gasteiger partial charge in [-0.3, -0.25) is 19.4 Å². The van der Waals surface area contributed by atoms with Crippen LogP contribution in [-0.2, 0) is 33.8 Å². The van der Waals surface area contributed by atoms with Crippen molar-refractivity contribution in [2.45, 2.75) is 141 Å². The second-order valence-corrected chi connectivity index (χ2v) is 23.8. The minimum atomic E-state index is -1.41. The van der Waals surface area contributed by atoms with E-state index in [4.69, 9.17) is 0 Å². The zero-order valence-electron chi connectivity index (χ0n) is 47.8. The summed E-state index contributed by atoms with van der Waals surface area (Å²) >= 11 is 0. The predicted octanol–water partition coefficient (Wildman–Crippen LogP) is 6.53. The number of piperidine rings is 1. The van der Waals surface area contributed by atoms with Crippen LogP contribution >= 0.6 is 0 Å². The second kappa shape index (κ2) is 37.3. The molecule has 3 aliphatic rings. The van der Waals surface area contributed by atoms with Gasteiger partial charge >= 0.3 is 0 Å². The van der Waals surface area contributed by atoms with Crippen LogP contribution in [0.2, 0.25) is 0 Å². The average molecular weight is 1100 g/mol. The largest absolute Gasteiger partial charge is 0.340 e. The summed E-state index contributed by atoms with van der Waals surface area (Å²) in [7, 11) is 0. The van der Waals surface area contributed by atoms with Crippen molar-refractivity contribution in [1.29, 1.82) is 0 Å². The highest BCUT2D eigenvalue weighted by molar-refractivity contribution is 5.76. The molecule has 30 nitrogen and oxygen atoms in total. The van der Waals surface area contributed by atoms with Gasteiger partial charge in [0, 0.05) is 70.7 Å². The smallest absolute Gasteiger partial charge is 0.295 e. The molecule has 446 valence electrons. The molecular formula is C46H93N11O19. The molecule has 0 radical (unpaired) electrons. The lowest BCUT2D eigenvalue weighted by Gasteiger charge is -2.36. The van der Waals surface area contributed by atoms with Gasteiger partial charge in [-0.25, -0.2) is 0 Å². The quantitative estimate of drug-likeness (QED) is 0.0692. The minimum absolute atomic E-state index is 0.0110. The van der Waals surface area contributed by atoms with Crippen molar-refractivity contribution in [3.05, 3.63) is 60.7 Å². The number of rotatable bonds is 25. The fourth-order valence-corrected chi connectivity index (χ4v) is 7.61. The van der Waals surface area contributed by atoms with E-state index in [-0.39, 0.29) is 37.7 Å². The third-order valence-corrected chi connectivity index (χ3v) is 11.4. The van der Waals surface area contributed by atoms with Gasteiger partial charge < -0.3 is 38.9 Å². The predicted molar refractivity (Wildman–Crippen MR) is 278 cm³/mol. The van der Waals surface area contributed by atoms with Crippen LogP contribution in [0.15, 0.2) is 0 Å². The first-order valence-corrected chi connectivity index (χ1v) is 25.8. The third kappa shape index (κ3) is 45.9. The van der Waals surface area contributed by atoms with Crippen LogP contribution in [0, 0.1) is 87.8 Å². The minimum Gasteiger partial charge on any atom is -0.340 e. The molecule has 3 rings (SSSR count). The number of hydrogen-bond donors (Lipinski definition) is 0. The van der Waals surface area contributed by atoms with E-state index < -0.39 is 61.2 Å². The molecular weight excluding hydrogens is 1010 g/mol. The van der Waals surface area contributed by atoms with Crippen LogP contribution in [-0.4, -0.2) is 186 Å². The number of carbonyl (C=O) groups excluding carboxylic acids is 1. The lowest BCUT2D eigenvalue weighted by atomic mass is 9.75. The first kappa shape index (κ1) is 72.6. The maximum absolute atomic E-state index is 12.0. The van der Waals surface area contributed by atoms with Gasteiger partial charge in [0.2, 0.25) is 5.91 Å². The lowest BCUT2D eigenvalue weighted by molar-refractivity contribution is -0.782. The summed E-state index contributed by atoms with van der Waals surface area (Å²) in [5.41, 5.74) is -0.984. The molecule has 0 aliphatic carbocycles. The Morgan fingerprint density at radius 2 is 0.776 bits per heavy atom. The Kier molecular flexibility index (Phi) is 35.6. The van der Waals surface area contributed by atoms with Gasteiger partial charge in [-0.2, -0.15) is 0 Å². The molecule has 3 heterocycles. The molecule has 3 aliphatic heterocycles. The molecule has 0 atom stereocenters. The van der Waals surface area contributed by atoms with E-state index in [2.05, 4.69) is 85.3 Å². The molecule has 0 bridgehead atoms. The van der Waals surface area contributed by atoms with Gasteiger partial charge in [0.25, 0.3) is 30.5 Å². The van der Waals surface area contributed by atoms with E-state index in [1.54, 1.807) is 20.8 Å². The Balaban J connectivity index is 0. The van der Waals surface area contributed by atoms with Crippen LogP contribution in [0.5, 0.6) is 0 Å². The number of carbonyl (C=O) groups is 1. The van der Waals surface area contributed by atoms with Gasteiger partial charge in [-0.15, -0.1) is 60.7 Å². The zero-order chi connectivity index (χ0) is 58.8. The SMILES string of the molecule is CC(C)(C)CC(=O)N1CCN(CO[N+](=O)[O-])CC1.CC(C)(C)CC(CO[N+](=O)[O-])(CO[N+](=O)[O-])CO[N+](=O)[O-].CC(C)(C)CCN1CCCCC1.CC(C)(C)CCN1CCN(CCO[N+](=O)[O-])CC1.CCCO[N+](=O)[O-]. The van der Waals surface area contributed by atoms with E-state index in [9.17, 15) is 65.5 Å². The fourth-order valence-electron chi connectivity index (χ4n) is 7.61. The first-order valence-electron chi connectivity index (χ1n) is 25.8. The van der Waals surface area contributed by atoms with Crippen molar-refractivity contribution in [2.75, 3.05) is 125 Å². The van der Waals surface area contributed by atoms with Crippen molar-refractivity contribution in [2.24, 2.45) is 27.1 Å². The summed E-state index contributed by atoms with van der Waals surface area (Å²) in [4.78, 5) is 109. The molecule has 3 fully saturated rings. The highest BCUT2D eigenvalue weighted by atomic mass is 17.0. The normalized spacial score (nSPS) is 15.9. The van der Waals surface area contributed by atoms with Crippen LogP contribution in [0.4, 0.5) is 0 Å². The fraction of sp³-hybridized carbons (Fsp3) is 0.978. The number of likely N-dealkylation sites (tertiary alicyclic amines) is 1. The van der Waals surface area contributed by atoms with Crippen LogP contribution in [0.3, 0.4) is 0 Å². The van der Waals surface area contributed by atoms with Crippen LogP contribution in [0.25, 0.3) is 0 Å². The Labute approximate surface area is 447 Å². The van der Waals surface area contributed by atoms with E-state index in [1.165, 1.54) is 51.7 Å². The van der Waals surface area contributed by atoms with E-state index >= 15 is 0 Å². The first-order chi connectivity index (χ1) is 34.9. The highest BCUT2D eigenvalue weighted by Gasteiger charge is 2.39. The van der Waals surface area contributed by atoms with E-state index in [1.807, 2.05) is 37.5 Å². The Morgan fingerprint density at radius 3 is 1.11 bits per heavy atom. The molecule has 0 aromatic heterocycles. The summed E-state index contributed by atoms with van der Waals surface area (Å²) in [6, 6.07) is 0. The topological polar surface area (TPSA) is 347 Å². The van der Waals surface area contributed by atoms with Gasteiger partial charge in [-0.1, -0.05) is 96.4 Å². The summed E-state index contributed by atoms with van der Waals surface area (Å²) in [5, 5.41) is 54.8. The van der Waals surface area contributed by atoms with E-state index in [0.717, 1.165) is 32.7 Å². The van der Waals surface area contributed by atoms with Crippen molar-refractivity contribution in [1.82, 2.24) is 24.5 Å². The number of piperazine rings is 2. The standard InChI is InChI=1S/C12H25N3O3.C11H21N3O4.C11H23N.C9H17N3O9.C3H7NO3/c1-12(2,3)4-5-13-6-8-14(9-7-13)10-11-18-15(16)17;1-11(2,3)8-10(15)13-6-4-12(5-7-13)9-18-14(16)17;1-11(2,3)7-10-12-8-5-4-6-9-12;1-8(2,3)4-9(5-19-10(13)14,6-20-11(15)16)7-21-12(17)18;1-2-3-7-4(5)6/h4-11H2,1-3H3;4-9H2,1-3H3;4-10H2,1-3H3;4-7H2,1-3H3;2-3H2,1H3. The molecule has 76 heavy (non-hydrogen) atoms. The maximum atomic E-state index is 12.0. The third-order valence-electron chi connectivity index (χ3n) is 11.4. The van der Waals surface area contributed by atoms with Crippen molar-refractivity contribution < 1.29 is 64.3 Å². The average Bonchev–Trinajstić information content (AvgIpc) is 3.29. The molecule has 0 saturated carbocycles.